The highest BCUT2D eigenvalue weighted by molar-refractivity contribution is 5.85. The zero-order valence-electron chi connectivity index (χ0n) is 10.5. The Morgan fingerprint density at radius 3 is 2.32 bits per heavy atom. The Hall–Kier alpha value is -2.48. The molecule has 0 saturated heterocycles. The smallest absolute Gasteiger partial charge is 0.115 e. The lowest BCUT2D eigenvalue weighted by atomic mass is 10.1. The predicted molar refractivity (Wildman–Crippen MR) is 79.4 cm³/mol. The van der Waals surface area contributed by atoms with Crippen LogP contribution in [0.3, 0.4) is 0 Å². The maximum absolute atomic E-state index is 9.24. The average Bonchev–Trinajstić information content (AvgIpc) is 2.46. The van der Waals surface area contributed by atoms with Gasteiger partial charge in [0.25, 0.3) is 0 Å². The maximum Gasteiger partial charge on any atom is 0.115 e. The molecule has 94 valence electrons. The lowest BCUT2D eigenvalue weighted by Crippen LogP contribution is -1.98. The molecule has 0 spiro atoms. The minimum atomic E-state index is 0.300. The molecule has 3 aromatic rings. The summed E-state index contributed by atoms with van der Waals surface area (Å²) in [4.78, 5) is 0. The van der Waals surface area contributed by atoms with Gasteiger partial charge in [0.2, 0.25) is 0 Å². The summed E-state index contributed by atoms with van der Waals surface area (Å²) in [7, 11) is 0. The number of nitrogens with one attached hydrogen (secondary N) is 1. The van der Waals surface area contributed by atoms with E-state index < -0.39 is 0 Å². The summed E-state index contributed by atoms with van der Waals surface area (Å²) < 4.78 is 0. The van der Waals surface area contributed by atoms with Gasteiger partial charge in [0.1, 0.15) is 5.75 Å². The van der Waals surface area contributed by atoms with Gasteiger partial charge in [-0.15, -0.1) is 0 Å². The molecule has 0 aliphatic heterocycles. The zero-order valence-corrected chi connectivity index (χ0v) is 10.5. The highest BCUT2D eigenvalue weighted by Gasteiger charge is 1.97. The van der Waals surface area contributed by atoms with Gasteiger partial charge in [-0.2, -0.15) is 0 Å². The molecule has 0 unspecified atom stereocenters. The second-order valence-electron chi connectivity index (χ2n) is 4.58. The first kappa shape index (κ1) is 11.6. The van der Waals surface area contributed by atoms with Crippen molar-refractivity contribution in [2.45, 2.75) is 6.54 Å². The summed E-state index contributed by atoms with van der Waals surface area (Å²) >= 11 is 0. The fraction of sp³-hybridized carbons (Fsp3) is 0.0588. The summed E-state index contributed by atoms with van der Waals surface area (Å²) in [6.45, 7) is 0.749. The Kier molecular flexibility index (Phi) is 3.07. The molecule has 0 saturated carbocycles. The standard InChI is InChI=1S/C17H15NO/c19-17-9-5-13(6-10-17)12-18-16-8-7-14-3-1-2-4-15(14)11-16/h1-11,18-19H,12H2. The van der Waals surface area contributed by atoms with Gasteiger partial charge in [-0.3, -0.25) is 0 Å². The summed E-state index contributed by atoms with van der Waals surface area (Å²) in [5.74, 6) is 0.300. The molecule has 0 aromatic heterocycles. The third-order valence-corrected chi connectivity index (χ3v) is 3.18. The number of rotatable bonds is 3. The Balaban J connectivity index is 1.76. The molecule has 0 aliphatic carbocycles. The third kappa shape index (κ3) is 2.68. The van der Waals surface area contributed by atoms with Crippen molar-refractivity contribution >= 4 is 16.5 Å². The Morgan fingerprint density at radius 2 is 1.53 bits per heavy atom. The number of benzene rings is 3. The van der Waals surface area contributed by atoms with E-state index in [2.05, 4.69) is 35.6 Å². The lowest BCUT2D eigenvalue weighted by Gasteiger charge is -2.08. The normalized spacial score (nSPS) is 10.5. The third-order valence-electron chi connectivity index (χ3n) is 3.18. The molecule has 0 fully saturated rings. The average molecular weight is 249 g/mol. The van der Waals surface area contributed by atoms with Crippen molar-refractivity contribution in [3.63, 3.8) is 0 Å². The van der Waals surface area contributed by atoms with Crippen LogP contribution in [0.2, 0.25) is 0 Å². The van der Waals surface area contributed by atoms with Gasteiger partial charge in [-0.25, -0.2) is 0 Å². The van der Waals surface area contributed by atoms with Gasteiger partial charge < -0.3 is 10.4 Å². The SMILES string of the molecule is Oc1ccc(CNc2ccc3ccccc3c2)cc1. The van der Waals surface area contributed by atoms with E-state index in [1.165, 1.54) is 10.8 Å². The van der Waals surface area contributed by atoms with Crippen LogP contribution >= 0.6 is 0 Å². The minimum Gasteiger partial charge on any atom is -0.508 e. The summed E-state index contributed by atoms with van der Waals surface area (Å²) in [6.07, 6.45) is 0. The largest absolute Gasteiger partial charge is 0.508 e. The maximum atomic E-state index is 9.24. The Labute approximate surface area is 112 Å². The highest BCUT2D eigenvalue weighted by atomic mass is 16.3. The molecule has 0 atom stereocenters. The van der Waals surface area contributed by atoms with E-state index in [-0.39, 0.29) is 0 Å². The van der Waals surface area contributed by atoms with Crippen molar-refractivity contribution in [3.05, 3.63) is 72.3 Å². The summed E-state index contributed by atoms with van der Waals surface area (Å²) in [5, 5.41) is 15.1. The van der Waals surface area contributed by atoms with Gasteiger partial charge in [0.15, 0.2) is 0 Å². The number of phenols is 1. The second-order valence-corrected chi connectivity index (χ2v) is 4.58. The van der Waals surface area contributed by atoms with Crippen LogP contribution in [-0.2, 0) is 6.54 Å². The number of phenolic OH excluding ortho intramolecular Hbond substituents is 1. The van der Waals surface area contributed by atoms with Gasteiger partial charge in [0.05, 0.1) is 0 Å². The van der Waals surface area contributed by atoms with E-state index in [0.29, 0.717) is 5.75 Å². The summed E-state index contributed by atoms with van der Waals surface area (Å²) in [5.41, 5.74) is 2.25. The zero-order chi connectivity index (χ0) is 13.1. The van der Waals surface area contributed by atoms with Crippen molar-refractivity contribution in [2.75, 3.05) is 5.32 Å². The predicted octanol–water partition coefficient (Wildman–Crippen LogP) is 4.16. The van der Waals surface area contributed by atoms with E-state index in [1.807, 2.05) is 24.3 Å². The fourth-order valence-corrected chi connectivity index (χ4v) is 2.12. The first-order valence-electron chi connectivity index (χ1n) is 6.32. The number of hydrogen-bond acceptors (Lipinski definition) is 2. The topological polar surface area (TPSA) is 32.3 Å². The molecule has 19 heavy (non-hydrogen) atoms. The second kappa shape index (κ2) is 5.02. The Morgan fingerprint density at radius 1 is 0.789 bits per heavy atom. The molecular formula is C17H15NO. The van der Waals surface area contributed by atoms with Crippen LogP contribution in [0.1, 0.15) is 5.56 Å². The van der Waals surface area contributed by atoms with Crippen LogP contribution in [0, 0.1) is 0 Å². The molecule has 2 heteroatoms. The quantitative estimate of drug-likeness (QED) is 0.730. The van der Waals surface area contributed by atoms with Gasteiger partial charge in [-0.05, 0) is 40.6 Å². The monoisotopic (exact) mass is 249 g/mol. The lowest BCUT2D eigenvalue weighted by molar-refractivity contribution is 0.475. The van der Waals surface area contributed by atoms with Crippen molar-refractivity contribution in [1.82, 2.24) is 0 Å². The molecule has 0 amide bonds. The van der Waals surface area contributed by atoms with Crippen molar-refractivity contribution in [1.29, 1.82) is 0 Å². The number of anilines is 1. The molecule has 0 radical (unpaired) electrons. The van der Waals surface area contributed by atoms with Crippen LogP contribution in [0.5, 0.6) is 5.75 Å². The van der Waals surface area contributed by atoms with Crippen LogP contribution in [-0.4, -0.2) is 5.11 Å². The molecule has 0 aliphatic rings. The first-order valence-corrected chi connectivity index (χ1v) is 6.32. The van der Waals surface area contributed by atoms with E-state index in [9.17, 15) is 5.11 Å². The first-order chi connectivity index (χ1) is 9.31. The Bertz CT molecular complexity index is 689. The van der Waals surface area contributed by atoms with Crippen molar-refractivity contribution in [3.8, 4) is 5.75 Å². The van der Waals surface area contributed by atoms with Crippen LogP contribution < -0.4 is 5.32 Å². The van der Waals surface area contributed by atoms with Gasteiger partial charge >= 0.3 is 0 Å². The molecule has 3 aromatic carbocycles. The molecule has 2 nitrogen and oxygen atoms in total. The van der Waals surface area contributed by atoms with E-state index in [0.717, 1.165) is 17.8 Å². The van der Waals surface area contributed by atoms with Crippen molar-refractivity contribution < 1.29 is 5.11 Å². The minimum absolute atomic E-state index is 0.300. The van der Waals surface area contributed by atoms with E-state index in [1.54, 1.807) is 12.1 Å². The molecule has 0 bridgehead atoms. The van der Waals surface area contributed by atoms with Gasteiger partial charge in [0, 0.05) is 12.2 Å². The fourth-order valence-electron chi connectivity index (χ4n) is 2.12. The molecule has 3 rings (SSSR count). The van der Waals surface area contributed by atoms with Crippen molar-refractivity contribution in [2.24, 2.45) is 0 Å². The van der Waals surface area contributed by atoms with E-state index in [4.69, 9.17) is 0 Å². The molecule has 0 heterocycles. The van der Waals surface area contributed by atoms with E-state index >= 15 is 0 Å². The van der Waals surface area contributed by atoms with Crippen LogP contribution in [0.25, 0.3) is 10.8 Å². The van der Waals surface area contributed by atoms with Crippen LogP contribution in [0.15, 0.2) is 66.7 Å². The van der Waals surface area contributed by atoms with Gasteiger partial charge in [-0.1, -0.05) is 42.5 Å². The number of hydrogen-bond donors (Lipinski definition) is 2. The molecular weight excluding hydrogens is 234 g/mol. The molecule has 2 N–H and O–H groups in total. The highest BCUT2D eigenvalue weighted by Crippen LogP contribution is 2.19. The number of fused-ring (bicyclic) bond motifs is 1. The van der Waals surface area contributed by atoms with Crippen LogP contribution in [0.4, 0.5) is 5.69 Å². The summed E-state index contributed by atoms with van der Waals surface area (Å²) in [6, 6.07) is 21.9. The number of aromatic hydroxyl groups is 1.